The minimum atomic E-state index is -1.17. The second-order valence-corrected chi connectivity index (χ2v) is 4.09. The molecule has 0 aromatic rings. The summed E-state index contributed by atoms with van der Waals surface area (Å²) in [5.41, 5.74) is 4.17. The van der Waals surface area contributed by atoms with E-state index >= 15 is 0 Å². The molecule has 1 atom stereocenters. The van der Waals surface area contributed by atoms with Crippen molar-refractivity contribution in [2.24, 2.45) is 11.1 Å². The lowest BCUT2D eigenvalue weighted by Crippen LogP contribution is -2.47. The molecule has 0 aliphatic carbocycles. The number of carboxylic acid groups (broad SMARTS) is 1. The van der Waals surface area contributed by atoms with E-state index in [1.165, 1.54) is 6.92 Å². The molecule has 3 N–H and O–H groups in total. The minimum Gasteiger partial charge on any atom is -0.480 e. The topological polar surface area (TPSA) is 63.3 Å². The number of aliphatic carboxylic acids is 1. The number of hydrogen-bond donors (Lipinski definition) is 2. The van der Waals surface area contributed by atoms with Gasteiger partial charge < -0.3 is 10.8 Å². The van der Waals surface area contributed by atoms with Crippen LogP contribution in [0.25, 0.3) is 0 Å². The van der Waals surface area contributed by atoms with Gasteiger partial charge in [0, 0.05) is 0 Å². The number of allylic oxidation sites excluding steroid dienone is 1. The van der Waals surface area contributed by atoms with Crippen molar-refractivity contribution in [1.82, 2.24) is 0 Å². The fourth-order valence-electron chi connectivity index (χ4n) is 1.09. The van der Waals surface area contributed by atoms with Crippen LogP contribution in [0.2, 0.25) is 0 Å². The molecular weight excluding hydrogens is 154 g/mol. The highest BCUT2D eigenvalue weighted by molar-refractivity contribution is 5.77. The summed E-state index contributed by atoms with van der Waals surface area (Å²) in [6.07, 6.45) is 2.11. The maximum atomic E-state index is 10.7. The molecule has 3 nitrogen and oxygen atoms in total. The predicted molar refractivity (Wildman–Crippen MR) is 48.8 cm³/mol. The Morgan fingerprint density at radius 2 is 2.00 bits per heavy atom. The van der Waals surface area contributed by atoms with Crippen molar-refractivity contribution in [3.8, 4) is 0 Å². The van der Waals surface area contributed by atoms with E-state index in [9.17, 15) is 4.79 Å². The van der Waals surface area contributed by atoms with Gasteiger partial charge in [-0.05, 0) is 18.8 Å². The molecular formula is C9H17NO2. The van der Waals surface area contributed by atoms with E-state index in [-0.39, 0.29) is 5.41 Å². The normalized spacial score (nSPS) is 16.7. The Morgan fingerprint density at radius 1 is 1.58 bits per heavy atom. The van der Waals surface area contributed by atoms with Crippen LogP contribution in [0.4, 0.5) is 0 Å². The second-order valence-electron chi connectivity index (χ2n) is 4.09. The van der Waals surface area contributed by atoms with Crippen molar-refractivity contribution in [3.05, 3.63) is 12.7 Å². The van der Waals surface area contributed by atoms with Crippen LogP contribution in [0.3, 0.4) is 0 Å². The summed E-state index contributed by atoms with van der Waals surface area (Å²) in [6.45, 7) is 8.96. The van der Waals surface area contributed by atoms with Crippen LogP contribution in [-0.2, 0) is 4.79 Å². The number of nitrogens with two attached hydrogens (primary N) is 1. The van der Waals surface area contributed by atoms with E-state index in [2.05, 4.69) is 6.58 Å². The molecule has 0 heterocycles. The quantitative estimate of drug-likeness (QED) is 0.628. The summed E-state index contributed by atoms with van der Waals surface area (Å²) in [4.78, 5) is 10.7. The Morgan fingerprint density at radius 3 is 2.25 bits per heavy atom. The van der Waals surface area contributed by atoms with E-state index < -0.39 is 11.5 Å². The van der Waals surface area contributed by atoms with Crippen molar-refractivity contribution in [2.45, 2.75) is 32.7 Å². The Kier molecular flexibility index (Phi) is 3.04. The first-order chi connectivity index (χ1) is 5.21. The van der Waals surface area contributed by atoms with Crippen molar-refractivity contribution >= 4 is 5.97 Å². The largest absolute Gasteiger partial charge is 0.480 e. The molecule has 0 aromatic heterocycles. The SMILES string of the molecule is C=CC(C)(C)CC(C)(N)C(=O)O. The molecule has 0 amide bonds. The molecule has 70 valence electrons. The maximum absolute atomic E-state index is 10.7. The third kappa shape index (κ3) is 3.05. The van der Waals surface area contributed by atoms with Gasteiger partial charge >= 0.3 is 5.97 Å². The van der Waals surface area contributed by atoms with Crippen LogP contribution < -0.4 is 5.73 Å². The lowest BCUT2D eigenvalue weighted by atomic mass is 9.80. The lowest BCUT2D eigenvalue weighted by molar-refractivity contribution is -0.143. The first-order valence-corrected chi connectivity index (χ1v) is 3.87. The highest BCUT2D eigenvalue weighted by Gasteiger charge is 2.33. The molecule has 12 heavy (non-hydrogen) atoms. The summed E-state index contributed by atoms with van der Waals surface area (Å²) in [6, 6.07) is 0. The Hall–Kier alpha value is -0.830. The van der Waals surface area contributed by atoms with E-state index in [0.717, 1.165) is 0 Å². The molecule has 0 rings (SSSR count). The zero-order valence-electron chi connectivity index (χ0n) is 7.92. The highest BCUT2D eigenvalue weighted by atomic mass is 16.4. The maximum Gasteiger partial charge on any atom is 0.323 e. The van der Waals surface area contributed by atoms with Crippen LogP contribution in [0.15, 0.2) is 12.7 Å². The molecule has 0 saturated heterocycles. The van der Waals surface area contributed by atoms with Crippen LogP contribution in [0.1, 0.15) is 27.2 Å². The smallest absolute Gasteiger partial charge is 0.323 e. The third-order valence-electron chi connectivity index (χ3n) is 1.86. The first-order valence-electron chi connectivity index (χ1n) is 3.87. The average molecular weight is 171 g/mol. The van der Waals surface area contributed by atoms with Gasteiger partial charge in [-0.2, -0.15) is 0 Å². The zero-order valence-corrected chi connectivity index (χ0v) is 7.92. The van der Waals surface area contributed by atoms with Crippen LogP contribution in [-0.4, -0.2) is 16.6 Å². The molecule has 0 aliphatic rings. The van der Waals surface area contributed by atoms with Gasteiger partial charge in [0.1, 0.15) is 5.54 Å². The summed E-state index contributed by atoms with van der Waals surface area (Å²) in [7, 11) is 0. The molecule has 0 aromatic carbocycles. The molecule has 0 aliphatic heterocycles. The number of hydrogen-bond acceptors (Lipinski definition) is 2. The van der Waals surface area contributed by atoms with Gasteiger partial charge in [-0.1, -0.05) is 19.9 Å². The lowest BCUT2D eigenvalue weighted by Gasteiger charge is -2.29. The van der Waals surface area contributed by atoms with Gasteiger partial charge in [0.25, 0.3) is 0 Å². The highest BCUT2D eigenvalue weighted by Crippen LogP contribution is 2.27. The third-order valence-corrected chi connectivity index (χ3v) is 1.86. The predicted octanol–water partition coefficient (Wildman–Crippen LogP) is 1.39. The van der Waals surface area contributed by atoms with Crippen LogP contribution >= 0.6 is 0 Å². The van der Waals surface area contributed by atoms with E-state index in [4.69, 9.17) is 10.8 Å². The van der Waals surface area contributed by atoms with E-state index in [0.29, 0.717) is 6.42 Å². The monoisotopic (exact) mass is 171 g/mol. The molecule has 0 spiro atoms. The van der Waals surface area contributed by atoms with Crippen molar-refractivity contribution < 1.29 is 9.90 Å². The molecule has 1 unspecified atom stereocenters. The summed E-state index contributed by atoms with van der Waals surface area (Å²) in [5.74, 6) is -0.975. The molecule has 0 saturated carbocycles. The minimum absolute atomic E-state index is 0.234. The number of carboxylic acids is 1. The Labute approximate surface area is 73.3 Å². The second kappa shape index (κ2) is 3.27. The fraction of sp³-hybridized carbons (Fsp3) is 0.667. The standard InChI is InChI=1S/C9H17NO2/c1-5-8(2,3)6-9(4,10)7(11)12/h5H,1,6,10H2,2-4H3,(H,11,12). The van der Waals surface area contributed by atoms with Gasteiger partial charge in [-0.25, -0.2) is 0 Å². The van der Waals surface area contributed by atoms with Crippen LogP contribution in [0.5, 0.6) is 0 Å². The van der Waals surface area contributed by atoms with Crippen molar-refractivity contribution in [1.29, 1.82) is 0 Å². The molecule has 0 fully saturated rings. The average Bonchev–Trinajstić information content (AvgIpc) is 1.85. The molecule has 3 heteroatoms. The Balaban J connectivity index is 4.44. The molecule has 0 bridgehead atoms. The van der Waals surface area contributed by atoms with Gasteiger partial charge in [0.05, 0.1) is 0 Å². The Bertz CT molecular complexity index is 195. The fourth-order valence-corrected chi connectivity index (χ4v) is 1.09. The van der Waals surface area contributed by atoms with Gasteiger partial charge in [-0.15, -0.1) is 6.58 Å². The summed E-state index contributed by atoms with van der Waals surface area (Å²) >= 11 is 0. The van der Waals surface area contributed by atoms with Gasteiger partial charge in [-0.3, -0.25) is 4.79 Å². The van der Waals surface area contributed by atoms with Gasteiger partial charge in [0.2, 0.25) is 0 Å². The zero-order chi connectivity index (χ0) is 9.99. The van der Waals surface area contributed by atoms with Crippen molar-refractivity contribution in [3.63, 3.8) is 0 Å². The molecule has 0 radical (unpaired) electrons. The van der Waals surface area contributed by atoms with Crippen LogP contribution in [0, 0.1) is 5.41 Å². The first kappa shape index (κ1) is 11.2. The van der Waals surface area contributed by atoms with Crippen molar-refractivity contribution in [2.75, 3.05) is 0 Å². The number of carbonyl (C=O) groups is 1. The summed E-state index contributed by atoms with van der Waals surface area (Å²) < 4.78 is 0. The van der Waals surface area contributed by atoms with E-state index in [1.807, 2.05) is 13.8 Å². The summed E-state index contributed by atoms with van der Waals surface area (Å²) in [5, 5.41) is 8.74. The number of rotatable bonds is 4. The van der Waals surface area contributed by atoms with E-state index in [1.54, 1.807) is 6.08 Å². The van der Waals surface area contributed by atoms with Gasteiger partial charge in [0.15, 0.2) is 0 Å².